The van der Waals surface area contributed by atoms with Gasteiger partial charge in [0.05, 0.1) is 15.0 Å². The van der Waals surface area contributed by atoms with Crippen molar-refractivity contribution in [3.63, 3.8) is 0 Å². The van der Waals surface area contributed by atoms with Crippen LogP contribution in [-0.2, 0) is 6.18 Å². The van der Waals surface area contributed by atoms with Crippen LogP contribution in [-0.4, -0.2) is 4.98 Å². The number of benzene rings is 2. The quantitative estimate of drug-likeness (QED) is 0.410. The van der Waals surface area contributed by atoms with Crippen LogP contribution in [0.3, 0.4) is 0 Å². The zero-order valence-electron chi connectivity index (χ0n) is 12.5. The van der Waals surface area contributed by atoms with E-state index in [1.165, 1.54) is 23.5 Å². The van der Waals surface area contributed by atoms with Gasteiger partial charge in [0.2, 0.25) is 0 Å². The summed E-state index contributed by atoms with van der Waals surface area (Å²) >= 11 is 10.8. The van der Waals surface area contributed by atoms with Gasteiger partial charge < -0.3 is 0 Å². The van der Waals surface area contributed by atoms with Crippen molar-refractivity contribution in [1.29, 1.82) is 0 Å². The molecular weight excluding hydrogens is 435 g/mol. The molecule has 0 N–H and O–H groups in total. The van der Waals surface area contributed by atoms with E-state index in [0.717, 1.165) is 32.2 Å². The maximum atomic E-state index is 12.6. The highest BCUT2D eigenvalue weighted by molar-refractivity contribution is 9.11. The molecule has 1 aromatic heterocycles. The molecular formula is C18H10BrClF3NS. The summed E-state index contributed by atoms with van der Waals surface area (Å²) in [5.41, 5.74) is 1.74. The van der Waals surface area contributed by atoms with E-state index in [4.69, 9.17) is 11.6 Å². The molecule has 0 fully saturated rings. The molecule has 0 aliphatic carbocycles. The molecule has 3 rings (SSSR count). The first-order chi connectivity index (χ1) is 11.8. The van der Waals surface area contributed by atoms with E-state index in [2.05, 4.69) is 20.9 Å². The second-order valence-corrected chi connectivity index (χ2v) is 7.92. The molecule has 0 amide bonds. The van der Waals surface area contributed by atoms with Crippen molar-refractivity contribution < 1.29 is 13.2 Å². The summed E-state index contributed by atoms with van der Waals surface area (Å²) in [6.45, 7) is 0. The number of hydrogen-bond donors (Lipinski definition) is 0. The Kier molecular flexibility index (Phi) is 5.32. The predicted octanol–water partition coefficient (Wildman–Crippen LogP) is 7.42. The van der Waals surface area contributed by atoms with Crippen molar-refractivity contribution in [2.24, 2.45) is 0 Å². The van der Waals surface area contributed by atoms with Crippen LogP contribution in [0.4, 0.5) is 13.2 Å². The molecule has 0 aliphatic heterocycles. The summed E-state index contributed by atoms with van der Waals surface area (Å²) in [7, 11) is 0. The average Bonchev–Trinajstić information content (AvgIpc) is 2.94. The first kappa shape index (κ1) is 18.2. The molecule has 0 bridgehead atoms. The Labute approximate surface area is 159 Å². The molecule has 0 radical (unpaired) electrons. The SMILES string of the molecule is FC(F)(F)c1ccc(C=Cc2nc(-c3ccc(Cl)cc3)c(Br)s2)cc1. The molecule has 7 heteroatoms. The van der Waals surface area contributed by atoms with Gasteiger partial charge in [0.1, 0.15) is 5.01 Å². The summed E-state index contributed by atoms with van der Waals surface area (Å²) in [4.78, 5) is 4.54. The molecule has 0 saturated carbocycles. The van der Waals surface area contributed by atoms with E-state index in [1.54, 1.807) is 24.3 Å². The van der Waals surface area contributed by atoms with Crippen LogP contribution in [0.15, 0.2) is 52.3 Å². The van der Waals surface area contributed by atoms with Gasteiger partial charge in [-0.3, -0.25) is 0 Å². The predicted molar refractivity (Wildman–Crippen MR) is 101 cm³/mol. The minimum Gasteiger partial charge on any atom is -0.235 e. The molecule has 1 heterocycles. The number of nitrogens with zero attached hydrogens (tertiary/aromatic N) is 1. The average molecular weight is 445 g/mol. The van der Waals surface area contributed by atoms with E-state index >= 15 is 0 Å². The van der Waals surface area contributed by atoms with Crippen molar-refractivity contribution in [3.05, 3.63) is 73.5 Å². The largest absolute Gasteiger partial charge is 0.416 e. The Bertz CT molecular complexity index is 900. The van der Waals surface area contributed by atoms with Gasteiger partial charge in [0, 0.05) is 10.6 Å². The maximum absolute atomic E-state index is 12.6. The normalized spacial score (nSPS) is 12.0. The van der Waals surface area contributed by atoms with Crippen LogP contribution in [0.2, 0.25) is 5.02 Å². The fourth-order valence-corrected chi connectivity index (χ4v) is 3.78. The van der Waals surface area contributed by atoms with Crippen molar-refractivity contribution in [2.45, 2.75) is 6.18 Å². The molecule has 1 nitrogen and oxygen atoms in total. The maximum Gasteiger partial charge on any atom is 0.416 e. The molecule has 128 valence electrons. The van der Waals surface area contributed by atoms with Crippen molar-refractivity contribution in [2.75, 3.05) is 0 Å². The number of alkyl halides is 3. The Morgan fingerprint density at radius 2 is 1.60 bits per heavy atom. The van der Waals surface area contributed by atoms with Gasteiger partial charge in [0.15, 0.2) is 0 Å². The number of hydrogen-bond acceptors (Lipinski definition) is 2. The van der Waals surface area contributed by atoms with Crippen LogP contribution in [0, 0.1) is 0 Å². The van der Waals surface area contributed by atoms with Crippen molar-refractivity contribution in [1.82, 2.24) is 4.98 Å². The zero-order valence-corrected chi connectivity index (χ0v) is 15.7. The lowest BCUT2D eigenvalue weighted by atomic mass is 10.1. The zero-order chi connectivity index (χ0) is 18.0. The fraction of sp³-hybridized carbons (Fsp3) is 0.0556. The second kappa shape index (κ2) is 7.32. The minimum absolute atomic E-state index is 0.650. The van der Waals surface area contributed by atoms with Crippen LogP contribution in [0.1, 0.15) is 16.1 Å². The summed E-state index contributed by atoms with van der Waals surface area (Å²) < 4.78 is 38.6. The van der Waals surface area contributed by atoms with Crippen LogP contribution >= 0.6 is 38.9 Å². The molecule has 3 aromatic rings. The van der Waals surface area contributed by atoms with E-state index in [0.29, 0.717) is 10.6 Å². The van der Waals surface area contributed by atoms with Gasteiger partial charge in [-0.15, -0.1) is 11.3 Å². The lowest BCUT2D eigenvalue weighted by molar-refractivity contribution is -0.137. The third-order valence-corrected chi connectivity index (χ3v) is 5.30. The van der Waals surface area contributed by atoms with Crippen LogP contribution < -0.4 is 0 Å². The number of aromatic nitrogens is 1. The highest BCUT2D eigenvalue weighted by atomic mass is 79.9. The third-order valence-electron chi connectivity index (χ3n) is 3.38. The Balaban J connectivity index is 1.80. The van der Waals surface area contributed by atoms with E-state index in [9.17, 15) is 13.2 Å². The summed E-state index contributed by atoms with van der Waals surface area (Å²) in [6.07, 6.45) is -0.815. The number of rotatable bonds is 3. The Morgan fingerprint density at radius 1 is 0.960 bits per heavy atom. The molecule has 0 unspecified atom stereocenters. The standard InChI is InChI=1S/C18H10BrClF3NS/c19-17-16(12-4-8-14(20)9-5-12)24-15(25-17)10-3-11-1-6-13(7-2-11)18(21,22)23/h1-10H. The van der Waals surface area contributed by atoms with Gasteiger partial charge in [-0.1, -0.05) is 41.9 Å². The lowest BCUT2D eigenvalue weighted by Crippen LogP contribution is -2.03. The van der Waals surface area contributed by atoms with E-state index in [-0.39, 0.29) is 0 Å². The first-order valence-corrected chi connectivity index (χ1v) is 9.09. The molecule has 0 saturated heterocycles. The number of thiazole rings is 1. The minimum atomic E-state index is -4.32. The third kappa shape index (κ3) is 4.51. The molecule has 0 spiro atoms. The Morgan fingerprint density at radius 3 is 2.20 bits per heavy atom. The topological polar surface area (TPSA) is 12.9 Å². The van der Waals surface area contributed by atoms with Crippen molar-refractivity contribution >= 4 is 51.0 Å². The number of halogens is 5. The Hall–Kier alpha value is -1.63. The summed E-state index contributed by atoms with van der Waals surface area (Å²) in [6, 6.07) is 12.3. The van der Waals surface area contributed by atoms with Gasteiger partial charge >= 0.3 is 6.18 Å². The summed E-state index contributed by atoms with van der Waals surface area (Å²) in [5, 5.41) is 1.40. The van der Waals surface area contributed by atoms with Gasteiger partial charge in [-0.05, 0) is 51.8 Å². The molecule has 0 aliphatic rings. The van der Waals surface area contributed by atoms with Gasteiger partial charge in [0.25, 0.3) is 0 Å². The molecule has 2 aromatic carbocycles. The summed E-state index contributed by atoms with van der Waals surface area (Å²) in [5.74, 6) is 0. The highest BCUT2D eigenvalue weighted by Gasteiger charge is 2.29. The fourth-order valence-electron chi connectivity index (χ4n) is 2.12. The van der Waals surface area contributed by atoms with Crippen LogP contribution in [0.25, 0.3) is 23.4 Å². The van der Waals surface area contributed by atoms with Crippen molar-refractivity contribution in [3.8, 4) is 11.3 Å². The smallest absolute Gasteiger partial charge is 0.235 e. The molecule has 0 atom stereocenters. The van der Waals surface area contributed by atoms with E-state index in [1.807, 2.05) is 12.1 Å². The first-order valence-electron chi connectivity index (χ1n) is 7.10. The van der Waals surface area contributed by atoms with Gasteiger partial charge in [-0.2, -0.15) is 13.2 Å². The lowest BCUT2D eigenvalue weighted by Gasteiger charge is -2.05. The monoisotopic (exact) mass is 443 g/mol. The van der Waals surface area contributed by atoms with E-state index < -0.39 is 11.7 Å². The second-order valence-electron chi connectivity index (χ2n) is 5.13. The van der Waals surface area contributed by atoms with Crippen LogP contribution in [0.5, 0.6) is 0 Å². The van der Waals surface area contributed by atoms with Gasteiger partial charge in [-0.25, -0.2) is 4.98 Å². The highest BCUT2D eigenvalue weighted by Crippen LogP contribution is 2.34. The molecule has 25 heavy (non-hydrogen) atoms.